The molecule has 3 rings (SSSR count). The number of esters is 2. The molecule has 0 N–H and O–H groups in total. The van der Waals surface area contributed by atoms with E-state index in [9.17, 15) is 9.59 Å². The quantitative estimate of drug-likeness (QED) is 0.483. The summed E-state index contributed by atoms with van der Waals surface area (Å²) in [5.74, 6) is 0.254. The lowest BCUT2D eigenvalue weighted by Gasteiger charge is -2.11. The third kappa shape index (κ3) is 3.52. The van der Waals surface area contributed by atoms with Crippen molar-refractivity contribution in [3.05, 3.63) is 58.7 Å². The van der Waals surface area contributed by atoms with Crippen LogP contribution < -0.4 is 4.74 Å². The predicted molar refractivity (Wildman–Crippen MR) is 91.2 cm³/mol. The van der Waals surface area contributed by atoms with E-state index < -0.39 is 5.97 Å². The number of carbonyl (C=O) groups excluding carboxylic acids is 2. The van der Waals surface area contributed by atoms with Gasteiger partial charge in [-0.25, -0.2) is 9.79 Å². The highest BCUT2D eigenvalue weighted by Crippen LogP contribution is 2.27. The minimum atomic E-state index is -0.539. The predicted octanol–water partition coefficient (Wildman–Crippen LogP) is 3.56. The zero-order valence-corrected chi connectivity index (χ0v) is 14.2. The number of hydrogen-bond donors (Lipinski definition) is 0. The lowest BCUT2D eigenvalue weighted by Crippen LogP contribution is -2.08. The van der Waals surface area contributed by atoms with E-state index in [1.165, 1.54) is 6.26 Å². The van der Waals surface area contributed by atoms with Gasteiger partial charge in [0, 0.05) is 6.42 Å². The molecule has 2 heterocycles. The van der Waals surface area contributed by atoms with Crippen LogP contribution in [0.4, 0.5) is 0 Å². The highest BCUT2D eigenvalue weighted by molar-refractivity contribution is 6.11. The molecular weight excluding hydrogens is 322 g/mol. The van der Waals surface area contributed by atoms with Crippen molar-refractivity contribution < 1.29 is 23.5 Å². The molecule has 0 spiro atoms. The fourth-order valence-electron chi connectivity index (χ4n) is 2.49. The van der Waals surface area contributed by atoms with E-state index in [0.29, 0.717) is 17.9 Å². The first-order valence-corrected chi connectivity index (χ1v) is 7.86. The Bertz CT molecular complexity index is 868. The molecular formula is C19H17NO5. The van der Waals surface area contributed by atoms with E-state index in [1.807, 2.05) is 26.0 Å². The average Bonchev–Trinajstić information content (AvgIpc) is 3.21. The summed E-state index contributed by atoms with van der Waals surface area (Å²) >= 11 is 0. The van der Waals surface area contributed by atoms with Crippen LogP contribution in [0.5, 0.6) is 5.75 Å². The maximum absolute atomic E-state index is 12.0. The Kier molecular flexibility index (Phi) is 4.52. The molecule has 0 bridgehead atoms. The summed E-state index contributed by atoms with van der Waals surface area (Å²) in [6.07, 6.45) is 3.42. The summed E-state index contributed by atoms with van der Waals surface area (Å²) in [5, 5.41) is 0. The van der Waals surface area contributed by atoms with Crippen LogP contribution in [-0.2, 0) is 14.3 Å². The van der Waals surface area contributed by atoms with E-state index in [0.717, 1.165) is 16.7 Å². The summed E-state index contributed by atoms with van der Waals surface area (Å²) in [4.78, 5) is 27.7. The van der Waals surface area contributed by atoms with Gasteiger partial charge >= 0.3 is 11.9 Å². The Morgan fingerprint density at radius 2 is 2.00 bits per heavy atom. The van der Waals surface area contributed by atoms with Gasteiger partial charge in [0.15, 0.2) is 11.5 Å². The van der Waals surface area contributed by atoms with E-state index in [-0.39, 0.29) is 17.6 Å². The summed E-state index contributed by atoms with van der Waals surface area (Å²) in [6, 6.07) is 7.01. The van der Waals surface area contributed by atoms with Crippen LogP contribution in [0.3, 0.4) is 0 Å². The van der Waals surface area contributed by atoms with Gasteiger partial charge in [-0.2, -0.15) is 0 Å². The van der Waals surface area contributed by atoms with Crippen molar-refractivity contribution in [2.24, 2.45) is 4.99 Å². The number of aryl methyl sites for hydroxylation is 2. The molecule has 2 aromatic rings. The molecule has 0 amide bonds. The second-order valence-corrected chi connectivity index (χ2v) is 5.62. The highest BCUT2D eigenvalue weighted by Gasteiger charge is 2.25. The van der Waals surface area contributed by atoms with Gasteiger partial charge in [-0.15, -0.1) is 0 Å². The molecule has 0 atom stereocenters. The van der Waals surface area contributed by atoms with Gasteiger partial charge in [0.25, 0.3) is 5.90 Å². The van der Waals surface area contributed by atoms with Crippen LogP contribution in [0.2, 0.25) is 0 Å². The van der Waals surface area contributed by atoms with Gasteiger partial charge < -0.3 is 13.9 Å². The molecule has 0 radical (unpaired) electrons. The smallest absolute Gasteiger partial charge is 0.363 e. The summed E-state index contributed by atoms with van der Waals surface area (Å²) < 4.78 is 15.6. The van der Waals surface area contributed by atoms with Gasteiger partial charge in [-0.1, -0.05) is 6.92 Å². The highest BCUT2D eigenvalue weighted by atomic mass is 16.6. The van der Waals surface area contributed by atoms with E-state index in [4.69, 9.17) is 13.9 Å². The van der Waals surface area contributed by atoms with Gasteiger partial charge in [0.1, 0.15) is 5.75 Å². The fourth-order valence-corrected chi connectivity index (χ4v) is 2.49. The molecule has 1 aliphatic heterocycles. The first kappa shape index (κ1) is 16.7. The fraction of sp³-hybridized carbons (Fsp3) is 0.211. The van der Waals surface area contributed by atoms with Crippen LogP contribution >= 0.6 is 0 Å². The number of cyclic esters (lactones) is 1. The molecule has 0 fully saturated rings. The molecule has 25 heavy (non-hydrogen) atoms. The second-order valence-electron chi connectivity index (χ2n) is 5.62. The van der Waals surface area contributed by atoms with Crippen molar-refractivity contribution in [1.82, 2.24) is 0 Å². The van der Waals surface area contributed by atoms with E-state index in [2.05, 4.69) is 4.99 Å². The second kappa shape index (κ2) is 6.76. The van der Waals surface area contributed by atoms with Crippen LogP contribution in [0.15, 0.2) is 45.6 Å². The van der Waals surface area contributed by atoms with E-state index in [1.54, 1.807) is 25.1 Å². The molecule has 6 heteroatoms. The van der Waals surface area contributed by atoms with Gasteiger partial charge in [0.05, 0.1) is 6.26 Å². The summed E-state index contributed by atoms with van der Waals surface area (Å²) in [7, 11) is 0. The zero-order chi connectivity index (χ0) is 18.0. The van der Waals surface area contributed by atoms with Crippen LogP contribution in [-0.4, -0.2) is 17.8 Å². The number of furan rings is 1. The monoisotopic (exact) mass is 339 g/mol. The number of benzene rings is 1. The minimum Gasteiger partial charge on any atom is -0.459 e. The third-order valence-electron chi connectivity index (χ3n) is 3.64. The van der Waals surface area contributed by atoms with Gasteiger partial charge in [0.2, 0.25) is 0 Å². The van der Waals surface area contributed by atoms with E-state index >= 15 is 0 Å². The Balaban J connectivity index is 1.91. The van der Waals surface area contributed by atoms with Crippen LogP contribution in [0.1, 0.15) is 35.8 Å². The average molecular weight is 339 g/mol. The Hall–Kier alpha value is -3.15. The molecule has 0 unspecified atom stereocenters. The van der Waals surface area contributed by atoms with Crippen molar-refractivity contribution in [1.29, 1.82) is 0 Å². The Labute approximate surface area is 144 Å². The minimum absolute atomic E-state index is 0.142. The van der Waals surface area contributed by atoms with Gasteiger partial charge in [-0.05, 0) is 60.9 Å². The number of hydrogen-bond acceptors (Lipinski definition) is 6. The van der Waals surface area contributed by atoms with Crippen molar-refractivity contribution in [3.63, 3.8) is 0 Å². The van der Waals surface area contributed by atoms with Crippen molar-refractivity contribution in [3.8, 4) is 5.75 Å². The van der Waals surface area contributed by atoms with Crippen molar-refractivity contribution in [2.45, 2.75) is 27.2 Å². The SMILES string of the molecule is CCC(=O)Oc1c(C)cc(/C=C2\N=C(c3ccco3)OC2=O)cc1C. The lowest BCUT2D eigenvalue weighted by atomic mass is 10.0. The molecule has 0 saturated carbocycles. The number of carbonyl (C=O) groups is 2. The van der Waals surface area contributed by atoms with Gasteiger partial charge in [-0.3, -0.25) is 4.79 Å². The lowest BCUT2D eigenvalue weighted by molar-refractivity contribution is -0.134. The molecule has 1 aliphatic rings. The third-order valence-corrected chi connectivity index (χ3v) is 3.64. The topological polar surface area (TPSA) is 78.1 Å². The maximum Gasteiger partial charge on any atom is 0.363 e. The first-order valence-electron chi connectivity index (χ1n) is 7.86. The molecule has 6 nitrogen and oxygen atoms in total. The Morgan fingerprint density at radius 3 is 2.60 bits per heavy atom. The number of ether oxygens (including phenoxy) is 2. The standard InChI is InChI=1S/C19H17NO5/c1-4-16(21)24-17-11(2)8-13(9-12(17)3)10-14-19(22)25-18(20-14)15-6-5-7-23-15/h5-10H,4H2,1-3H3/b14-10-. The van der Waals surface area contributed by atoms with Crippen molar-refractivity contribution in [2.75, 3.05) is 0 Å². The normalized spacial score (nSPS) is 15.2. The molecule has 0 saturated heterocycles. The largest absolute Gasteiger partial charge is 0.459 e. The number of rotatable bonds is 4. The number of nitrogens with zero attached hydrogens (tertiary/aromatic N) is 1. The zero-order valence-electron chi connectivity index (χ0n) is 14.2. The maximum atomic E-state index is 12.0. The van der Waals surface area contributed by atoms with Crippen LogP contribution in [0, 0.1) is 13.8 Å². The molecule has 128 valence electrons. The summed E-state index contributed by atoms with van der Waals surface area (Å²) in [5.41, 5.74) is 2.55. The summed E-state index contributed by atoms with van der Waals surface area (Å²) in [6.45, 7) is 5.43. The Morgan fingerprint density at radius 1 is 1.28 bits per heavy atom. The van der Waals surface area contributed by atoms with Crippen LogP contribution in [0.25, 0.3) is 6.08 Å². The molecule has 1 aromatic heterocycles. The molecule has 1 aromatic carbocycles. The number of aliphatic imine (C=N–C) groups is 1. The van der Waals surface area contributed by atoms with Crippen molar-refractivity contribution >= 4 is 23.9 Å². The molecule has 0 aliphatic carbocycles. The first-order chi connectivity index (χ1) is 12.0.